The third-order valence-corrected chi connectivity index (χ3v) is 0. The smallest absolute Gasteiger partial charge is 0.855 e. The standard InChI is InChI=1S/C2H5O.BH3O3.Na/c1-2-3;2-1(3)4;/h2H2,1H3;2-4H;/q-1;;+1. The van der Waals surface area contributed by atoms with Crippen molar-refractivity contribution in [2.45, 2.75) is 6.92 Å². The van der Waals surface area contributed by atoms with E-state index in [1.165, 1.54) is 0 Å². The van der Waals surface area contributed by atoms with Crippen molar-refractivity contribution >= 4 is 7.32 Å². The van der Waals surface area contributed by atoms with Crippen LogP contribution in [0.4, 0.5) is 0 Å². The number of rotatable bonds is 0. The molecule has 8 heavy (non-hydrogen) atoms. The summed E-state index contributed by atoms with van der Waals surface area (Å²) in [4.78, 5) is 0. The van der Waals surface area contributed by atoms with Gasteiger partial charge >= 0.3 is 36.9 Å². The van der Waals surface area contributed by atoms with Crippen LogP contribution in [0.15, 0.2) is 0 Å². The molecule has 0 aromatic heterocycles. The Balaban J connectivity index is -0.0000000575. The molecule has 0 saturated carbocycles. The van der Waals surface area contributed by atoms with E-state index < -0.39 is 7.32 Å². The quantitative estimate of drug-likeness (QED) is 0.285. The molecule has 0 spiro atoms. The van der Waals surface area contributed by atoms with Crippen LogP contribution in [0.3, 0.4) is 0 Å². The second kappa shape index (κ2) is 15.7. The van der Waals surface area contributed by atoms with Crippen LogP contribution in [0, 0.1) is 0 Å². The van der Waals surface area contributed by atoms with E-state index in [1.54, 1.807) is 6.92 Å². The number of hydrogen-bond donors (Lipinski definition) is 3. The Labute approximate surface area is 70.6 Å². The van der Waals surface area contributed by atoms with Crippen LogP contribution in [0.1, 0.15) is 6.92 Å². The van der Waals surface area contributed by atoms with Crippen LogP contribution >= 0.6 is 0 Å². The summed E-state index contributed by atoms with van der Waals surface area (Å²) in [5.41, 5.74) is 0. The van der Waals surface area contributed by atoms with Gasteiger partial charge in [-0.2, -0.15) is 0 Å². The summed E-state index contributed by atoms with van der Waals surface area (Å²) in [6.07, 6.45) is 0. The van der Waals surface area contributed by atoms with Crippen LogP contribution in [0.5, 0.6) is 0 Å². The van der Waals surface area contributed by atoms with Crippen molar-refractivity contribution < 1.29 is 49.7 Å². The molecule has 0 aliphatic rings. The summed E-state index contributed by atoms with van der Waals surface area (Å²) in [6.45, 7) is 1.57. The van der Waals surface area contributed by atoms with Crippen LogP contribution in [0.25, 0.3) is 0 Å². The van der Waals surface area contributed by atoms with E-state index in [0.717, 1.165) is 0 Å². The van der Waals surface area contributed by atoms with Gasteiger partial charge in [0.25, 0.3) is 0 Å². The molecule has 0 bridgehead atoms. The van der Waals surface area contributed by atoms with Gasteiger partial charge in [-0.3, -0.25) is 0 Å². The first kappa shape index (κ1) is 16.0. The van der Waals surface area contributed by atoms with Crippen LogP contribution in [-0.4, -0.2) is 29.0 Å². The van der Waals surface area contributed by atoms with E-state index in [0.29, 0.717) is 0 Å². The molecule has 0 aromatic carbocycles. The monoisotopic (exact) mass is 130 g/mol. The minimum absolute atomic E-state index is 0. The van der Waals surface area contributed by atoms with Gasteiger partial charge < -0.3 is 20.2 Å². The minimum atomic E-state index is -2.17. The Kier molecular flexibility index (Phi) is 31.3. The van der Waals surface area contributed by atoms with Gasteiger partial charge in [-0.1, -0.05) is 6.92 Å². The van der Waals surface area contributed by atoms with Gasteiger partial charge in [0.15, 0.2) is 0 Å². The Hall–Kier alpha value is 0.905. The van der Waals surface area contributed by atoms with E-state index >= 15 is 0 Å². The predicted octanol–water partition coefficient (Wildman–Crippen LogP) is -5.68. The molecule has 0 rings (SSSR count). The fourth-order valence-corrected chi connectivity index (χ4v) is 0. The van der Waals surface area contributed by atoms with E-state index in [2.05, 4.69) is 0 Å². The molecule has 3 N–H and O–H groups in total. The third-order valence-electron chi connectivity index (χ3n) is 0. The second-order valence-corrected chi connectivity index (χ2v) is 0.635. The molecule has 0 aromatic rings. The van der Waals surface area contributed by atoms with Gasteiger partial charge in [0.1, 0.15) is 0 Å². The average molecular weight is 130 g/mol. The zero-order valence-electron chi connectivity index (χ0n) is 5.03. The van der Waals surface area contributed by atoms with E-state index in [9.17, 15) is 0 Å². The van der Waals surface area contributed by atoms with Crippen molar-refractivity contribution in [3.63, 3.8) is 0 Å². The normalized spacial score (nSPS) is 5.62. The van der Waals surface area contributed by atoms with Crippen molar-refractivity contribution in [3.05, 3.63) is 0 Å². The molecule has 0 aliphatic heterocycles. The first-order valence-corrected chi connectivity index (χ1v) is 1.77. The molecule has 0 unspecified atom stereocenters. The molecule has 6 heteroatoms. The Bertz CT molecular complexity index is 25.2. The topological polar surface area (TPSA) is 83.8 Å². The summed E-state index contributed by atoms with van der Waals surface area (Å²) in [7, 11) is -2.17. The molecular weight excluding hydrogens is 122 g/mol. The van der Waals surface area contributed by atoms with Crippen LogP contribution < -0.4 is 34.7 Å². The van der Waals surface area contributed by atoms with E-state index in [-0.39, 0.29) is 36.2 Å². The van der Waals surface area contributed by atoms with Gasteiger partial charge in [-0.25, -0.2) is 0 Å². The molecule has 0 radical (unpaired) electrons. The second-order valence-electron chi connectivity index (χ2n) is 0.635. The van der Waals surface area contributed by atoms with Gasteiger partial charge in [-0.15, -0.1) is 6.61 Å². The van der Waals surface area contributed by atoms with Gasteiger partial charge in [0.05, 0.1) is 0 Å². The maximum atomic E-state index is 8.93. The van der Waals surface area contributed by atoms with Crippen molar-refractivity contribution in [1.82, 2.24) is 0 Å². The fourth-order valence-electron chi connectivity index (χ4n) is 0. The Morgan fingerprint density at radius 3 is 1.38 bits per heavy atom. The summed E-state index contributed by atoms with van der Waals surface area (Å²) in [5, 5.41) is 30.4. The number of hydrogen-bond acceptors (Lipinski definition) is 4. The molecule has 0 amide bonds. The summed E-state index contributed by atoms with van der Waals surface area (Å²) in [5.74, 6) is 0. The maximum Gasteiger partial charge on any atom is 1.00 e. The van der Waals surface area contributed by atoms with Crippen molar-refractivity contribution in [1.29, 1.82) is 0 Å². The molecule has 0 aliphatic carbocycles. The molecular formula is C2H8BNaO4. The van der Waals surface area contributed by atoms with Gasteiger partial charge in [-0.05, 0) is 0 Å². The minimum Gasteiger partial charge on any atom is -0.855 e. The van der Waals surface area contributed by atoms with Crippen molar-refractivity contribution in [2.24, 2.45) is 0 Å². The van der Waals surface area contributed by atoms with E-state index in [4.69, 9.17) is 20.2 Å². The Morgan fingerprint density at radius 2 is 1.38 bits per heavy atom. The zero-order chi connectivity index (χ0) is 6.28. The van der Waals surface area contributed by atoms with Crippen LogP contribution in [0.2, 0.25) is 0 Å². The predicted molar refractivity (Wildman–Crippen MR) is 23.0 cm³/mol. The summed E-state index contributed by atoms with van der Waals surface area (Å²) < 4.78 is 0. The van der Waals surface area contributed by atoms with Crippen molar-refractivity contribution in [2.75, 3.05) is 6.61 Å². The molecule has 0 atom stereocenters. The van der Waals surface area contributed by atoms with Crippen molar-refractivity contribution in [3.8, 4) is 0 Å². The molecule has 0 heterocycles. The first-order valence-electron chi connectivity index (χ1n) is 1.77. The Morgan fingerprint density at radius 1 is 1.38 bits per heavy atom. The maximum absolute atomic E-state index is 8.93. The largest absolute Gasteiger partial charge is 1.00 e. The van der Waals surface area contributed by atoms with Crippen LogP contribution in [-0.2, 0) is 0 Å². The molecule has 4 nitrogen and oxygen atoms in total. The fraction of sp³-hybridized carbons (Fsp3) is 1.00. The van der Waals surface area contributed by atoms with Gasteiger partial charge in [0.2, 0.25) is 0 Å². The zero-order valence-corrected chi connectivity index (χ0v) is 7.03. The average Bonchev–Trinajstić information content (AvgIpc) is 1.33. The summed E-state index contributed by atoms with van der Waals surface area (Å²) in [6, 6.07) is 0. The van der Waals surface area contributed by atoms with E-state index in [1.807, 2.05) is 0 Å². The molecule has 44 valence electrons. The third kappa shape index (κ3) is 294. The first-order chi connectivity index (χ1) is 3.15. The van der Waals surface area contributed by atoms with Gasteiger partial charge in [0, 0.05) is 0 Å². The molecule has 0 fully saturated rings. The molecule has 0 saturated heterocycles. The SMILES string of the molecule is CC[O-].OB(O)O.[Na+]. The summed E-state index contributed by atoms with van der Waals surface area (Å²) >= 11 is 0.